The molecule has 1 unspecified atom stereocenters. The van der Waals surface area contributed by atoms with Crippen LogP contribution in [0.4, 0.5) is 4.39 Å². The normalized spacial score (nSPS) is 11.5. The number of halogens is 1. The van der Waals surface area contributed by atoms with E-state index in [0.29, 0.717) is 6.42 Å². The number of benzene rings is 2. The Morgan fingerprint density at radius 2 is 2.00 bits per heavy atom. The molecule has 0 fully saturated rings. The van der Waals surface area contributed by atoms with Gasteiger partial charge in [0.2, 0.25) is 0 Å². The Labute approximate surface area is 122 Å². The van der Waals surface area contributed by atoms with Crippen LogP contribution in [0.1, 0.15) is 40.9 Å². The molecule has 1 atom stereocenters. The van der Waals surface area contributed by atoms with Gasteiger partial charge in [0.15, 0.2) is 0 Å². The van der Waals surface area contributed by atoms with Crippen LogP contribution >= 0.6 is 0 Å². The lowest BCUT2D eigenvalue weighted by Gasteiger charge is -2.16. The Balaban J connectivity index is 2.19. The Morgan fingerprint density at radius 3 is 2.57 bits per heavy atom. The van der Waals surface area contributed by atoms with E-state index in [4.69, 9.17) is 10.00 Å². The molecule has 0 bridgehead atoms. The molecule has 106 valence electrons. The van der Waals surface area contributed by atoms with E-state index in [-0.39, 0.29) is 11.1 Å². The van der Waals surface area contributed by atoms with Crippen molar-refractivity contribution in [3.05, 3.63) is 71.0 Å². The fourth-order valence-electron chi connectivity index (χ4n) is 2.00. The van der Waals surface area contributed by atoms with Crippen LogP contribution in [0.3, 0.4) is 0 Å². The summed E-state index contributed by atoms with van der Waals surface area (Å²) in [5, 5.41) is 8.69. The van der Waals surface area contributed by atoms with Gasteiger partial charge in [-0.25, -0.2) is 9.18 Å². The lowest BCUT2D eigenvalue weighted by atomic mass is 10.1. The van der Waals surface area contributed by atoms with Gasteiger partial charge in [0.05, 0.1) is 17.2 Å². The molecule has 0 heterocycles. The van der Waals surface area contributed by atoms with E-state index in [9.17, 15) is 9.18 Å². The van der Waals surface area contributed by atoms with Crippen LogP contribution in [0.15, 0.2) is 48.5 Å². The molecule has 0 spiro atoms. The van der Waals surface area contributed by atoms with E-state index < -0.39 is 17.9 Å². The highest BCUT2D eigenvalue weighted by molar-refractivity contribution is 5.90. The molecular formula is C17H14FNO2. The van der Waals surface area contributed by atoms with E-state index in [0.717, 1.165) is 11.6 Å². The maximum absolute atomic E-state index is 13.8. The van der Waals surface area contributed by atoms with Gasteiger partial charge >= 0.3 is 5.97 Å². The molecule has 2 aromatic carbocycles. The summed E-state index contributed by atoms with van der Waals surface area (Å²) in [6.45, 7) is 1.89. The van der Waals surface area contributed by atoms with Crippen molar-refractivity contribution in [1.29, 1.82) is 5.26 Å². The Hall–Kier alpha value is -2.67. The van der Waals surface area contributed by atoms with Crippen LogP contribution < -0.4 is 0 Å². The van der Waals surface area contributed by atoms with Gasteiger partial charge in [-0.1, -0.05) is 37.3 Å². The molecule has 0 aliphatic heterocycles. The fourth-order valence-corrected chi connectivity index (χ4v) is 2.00. The van der Waals surface area contributed by atoms with Crippen molar-refractivity contribution in [2.45, 2.75) is 19.4 Å². The number of ether oxygens (including phenoxy) is 1. The summed E-state index contributed by atoms with van der Waals surface area (Å²) < 4.78 is 19.2. The van der Waals surface area contributed by atoms with Gasteiger partial charge in [0.25, 0.3) is 0 Å². The quantitative estimate of drug-likeness (QED) is 0.797. The maximum Gasteiger partial charge on any atom is 0.341 e. The van der Waals surface area contributed by atoms with E-state index in [1.54, 1.807) is 0 Å². The van der Waals surface area contributed by atoms with Gasteiger partial charge in [-0.3, -0.25) is 0 Å². The minimum atomic E-state index is -0.748. The fraction of sp³-hybridized carbons (Fsp3) is 0.176. The first-order valence-electron chi connectivity index (χ1n) is 6.61. The average molecular weight is 283 g/mol. The highest BCUT2D eigenvalue weighted by Gasteiger charge is 2.19. The first kappa shape index (κ1) is 14.7. The molecule has 0 aliphatic rings. The standard InChI is InChI=1S/C17H14FNO2/c1-2-16(13-6-4-3-5-7-13)21-17(20)14-9-8-12(11-19)10-15(14)18/h3-10,16H,2H2,1H3. The molecule has 21 heavy (non-hydrogen) atoms. The smallest absolute Gasteiger partial charge is 0.341 e. The van der Waals surface area contributed by atoms with E-state index in [1.807, 2.05) is 43.3 Å². The molecule has 0 saturated heterocycles. The summed E-state index contributed by atoms with van der Waals surface area (Å²) >= 11 is 0. The van der Waals surface area contributed by atoms with Gasteiger partial charge in [-0.05, 0) is 30.2 Å². The number of nitriles is 1. The van der Waals surface area contributed by atoms with Crippen LogP contribution in [-0.2, 0) is 4.74 Å². The lowest BCUT2D eigenvalue weighted by molar-refractivity contribution is 0.0282. The second-order valence-corrected chi connectivity index (χ2v) is 4.52. The van der Waals surface area contributed by atoms with Crippen LogP contribution in [0.2, 0.25) is 0 Å². The molecule has 0 radical (unpaired) electrons. The van der Waals surface area contributed by atoms with Crippen molar-refractivity contribution >= 4 is 5.97 Å². The van der Waals surface area contributed by atoms with Crippen molar-refractivity contribution in [3.63, 3.8) is 0 Å². The Morgan fingerprint density at radius 1 is 1.29 bits per heavy atom. The summed E-state index contributed by atoms with van der Waals surface area (Å²) in [6, 6.07) is 14.8. The number of hydrogen-bond donors (Lipinski definition) is 0. The van der Waals surface area contributed by atoms with Gasteiger partial charge in [-0.15, -0.1) is 0 Å². The third-order valence-electron chi connectivity index (χ3n) is 3.11. The van der Waals surface area contributed by atoms with E-state index in [1.165, 1.54) is 12.1 Å². The van der Waals surface area contributed by atoms with E-state index in [2.05, 4.69) is 0 Å². The van der Waals surface area contributed by atoms with Gasteiger partial charge < -0.3 is 4.74 Å². The predicted molar refractivity (Wildman–Crippen MR) is 76.0 cm³/mol. The first-order valence-corrected chi connectivity index (χ1v) is 6.61. The number of nitrogens with zero attached hydrogens (tertiary/aromatic N) is 1. The van der Waals surface area contributed by atoms with Crippen molar-refractivity contribution in [3.8, 4) is 6.07 Å². The Kier molecular flexibility index (Phi) is 4.68. The molecular weight excluding hydrogens is 269 g/mol. The van der Waals surface area contributed by atoms with Crippen molar-refractivity contribution in [1.82, 2.24) is 0 Å². The summed E-state index contributed by atoms with van der Waals surface area (Å²) in [4.78, 5) is 12.1. The first-order chi connectivity index (χ1) is 10.2. The predicted octanol–water partition coefficient (Wildman–Crippen LogP) is 4.01. The molecule has 0 saturated carbocycles. The summed E-state index contributed by atoms with van der Waals surface area (Å²) in [6.07, 6.45) is 0.168. The molecule has 3 nitrogen and oxygen atoms in total. The van der Waals surface area contributed by atoms with Gasteiger partial charge in [0, 0.05) is 0 Å². The zero-order chi connectivity index (χ0) is 15.2. The molecule has 0 aromatic heterocycles. The third kappa shape index (κ3) is 3.46. The number of rotatable bonds is 4. The monoisotopic (exact) mass is 283 g/mol. The molecule has 2 aromatic rings. The molecule has 0 aliphatic carbocycles. The third-order valence-corrected chi connectivity index (χ3v) is 3.11. The Bertz CT molecular complexity index is 677. The van der Waals surface area contributed by atoms with Crippen LogP contribution in [0, 0.1) is 17.1 Å². The second kappa shape index (κ2) is 6.67. The minimum absolute atomic E-state index is 0.164. The van der Waals surface area contributed by atoms with Crippen molar-refractivity contribution in [2.75, 3.05) is 0 Å². The topological polar surface area (TPSA) is 50.1 Å². The number of hydrogen-bond acceptors (Lipinski definition) is 3. The van der Waals surface area contributed by atoms with Crippen LogP contribution in [0.25, 0.3) is 0 Å². The zero-order valence-corrected chi connectivity index (χ0v) is 11.5. The highest BCUT2D eigenvalue weighted by Crippen LogP contribution is 2.23. The van der Waals surface area contributed by atoms with Crippen LogP contribution in [-0.4, -0.2) is 5.97 Å². The largest absolute Gasteiger partial charge is 0.454 e. The number of carbonyl (C=O) groups is 1. The zero-order valence-electron chi connectivity index (χ0n) is 11.5. The van der Waals surface area contributed by atoms with Crippen LogP contribution in [0.5, 0.6) is 0 Å². The second-order valence-electron chi connectivity index (χ2n) is 4.52. The molecule has 2 rings (SSSR count). The highest BCUT2D eigenvalue weighted by atomic mass is 19.1. The minimum Gasteiger partial charge on any atom is -0.454 e. The summed E-state index contributed by atoms with van der Waals surface area (Å²) in [5.41, 5.74) is 0.866. The maximum atomic E-state index is 13.8. The summed E-state index contributed by atoms with van der Waals surface area (Å²) in [5.74, 6) is -1.48. The molecule has 4 heteroatoms. The van der Waals surface area contributed by atoms with Crippen molar-refractivity contribution in [2.24, 2.45) is 0 Å². The number of esters is 1. The lowest BCUT2D eigenvalue weighted by Crippen LogP contribution is -2.12. The molecule has 0 amide bonds. The van der Waals surface area contributed by atoms with Gasteiger partial charge in [0.1, 0.15) is 11.9 Å². The number of carbonyl (C=O) groups excluding carboxylic acids is 1. The average Bonchev–Trinajstić information content (AvgIpc) is 2.53. The van der Waals surface area contributed by atoms with Crippen molar-refractivity contribution < 1.29 is 13.9 Å². The molecule has 0 N–H and O–H groups in total. The van der Waals surface area contributed by atoms with Gasteiger partial charge in [-0.2, -0.15) is 5.26 Å². The summed E-state index contributed by atoms with van der Waals surface area (Å²) in [7, 11) is 0. The SMILES string of the molecule is CCC(OC(=O)c1ccc(C#N)cc1F)c1ccccc1. The van der Waals surface area contributed by atoms with E-state index >= 15 is 0 Å².